The van der Waals surface area contributed by atoms with Crippen molar-refractivity contribution < 1.29 is 48.3 Å². The Hall–Kier alpha value is -6.04. The summed E-state index contributed by atoms with van der Waals surface area (Å²) in [6.45, 7) is 27.8. The second-order valence-corrected chi connectivity index (χ2v) is 22.0. The van der Waals surface area contributed by atoms with Gasteiger partial charge in [0.2, 0.25) is 0 Å². The van der Waals surface area contributed by atoms with Gasteiger partial charge in [-0.1, -0.05) is 132 Å². The molecule has 0 fully saturated rings. The van der Waals surface area contributed by atoms with Crippen molar-refractivity contribution in [2.75, 3.05) is 39.5 Å². The lowest BCUT2D eigenvalue weighted by atomic mass is 9.79. The van der Waals surface area contributed by atoms with Crippen molar-refractivity contribution in [1.82, 2.24) is 10.6 Å². The molecular weight excluding hydrogens is 861 g/mol. The minimum absolute atomic E-state index is 0.0875. The molecule has 1 aliphatic rings. The summed E-state index contributed by atoms with van der Waals surface area (Å²) in [5.74, 6) is -1.08. The number of rotatable bonds is 12. The smallest absolute Gasteiger partial charge is 0.325 e. The molecule has 4 aromatic rings. The molecule has 0 saturated heterocycles. The summed E-state index contributed by atoms with van der Waals surface area (Å²) in [6, 6.07) is 16.4. The molecule has 5 rings (SSSR count). The molecule has 12 nitrogen and oxygen atoms in total. The molecule has 12 heteroatoms. The first-order chi connectivity index (χ1) is 31.6. The highest BCUT2D eigenvalue weighted by Gasteiger charge is 2.29. The quantitative estimate of drug-likeness (QED) is 0.0886. The number of hydrogen-bond acceptors (Lipinski definition) is 10. The normalized spacial score (nSPS) is 13.0. The van der Waals surface area contributed by atoms with E-state index in [1.165, 1.54) is 0 Å². The molecule has 1 aliphatic carbocycles. The van der Waals surface area contributed by atoms with Gasteiger partial charge < -0.3 is 39.8 Å². The van der Waals surface area contributed by atoms with Crippen molar-refractivity contribution in [3.8, 4) is 23.0 Å². The highest BCUT2D eigenvalue weighted by atomic mass is 16.5. The summed E-state index contributed by atoms with van der Waals surface area (Å²) in [4.78, 5) is 50.9. The maximum absolute atomic E-state index is 13.3. The Balaban J connectivity index is 1.84. The van der Waals surface area contributed by atoms with Crippen LogP contribution in [0.3, 0.4) is 0 Å². The summed E-state index contributed by atoms with van der Waals surface area (Å²) in [7, 11) is 0. The first-order valence-corrected chi connectivity index (χ1v) is 23.7. The second kappa shape index (κ2) is 21.1. The molecule has 0 unspecified atom stereocenters. The average Bonchev–Trinajstić information content (AvgIpc) is 3.22. The van der Waals surface area contributed by atoms with Crippen molar-refractivity contribution in [1.29, 1.82) is 0 Å². The van der Waals surface area contributed by atoms with E-state index in [1.54, 1.807) is 13.8 Å². The molecule has 0 spiro atoms. The van der Waals surface area contributed by atoms with Crippen LogP contribution in [0.15, 0.2) is 48.5 Å². The van der Waals surface area contributed by atoms with Crippen molar-refractivity contribution >= 4 is 23.8 Å². The van der Waals surface area contributed by atoms with Crippen LogP contribution in [0.1, 0.15) is 164 Å². The lowest BCUT2D eigenvalue weighted by Gasteiger charge is -2.28. The maximum atomic E-state index is 13.3. The Kier molecular flexibility index (Phi) is 16.4. The Morgan fingerprint density at radius 1 is 0.441 bits per heavy atom. The topological polar surface area (TPSA) is 170 Å². The van der Waals surface area contributed by atoms with Crippen molar-refractivity contribution in [3.63, 3.8) is 0 Å². The minimum atomic E-state index is -0.559. The minimum Gasteiger partial charge on any atom is -0.507 e. The van der Waals surface area contributed by atoms with Gasteiger partial charge in [-0.2, -0.15) is 0 Å². The Labute approximate surface area is 403 Å². The monoisotopic (exact) mass is 935 g/mol. The van der Waals surface area contributed by atoms with E-state index in [0.29, 0.717) is 33.8 Å². The molecule has 368 valence electrons. The molecule has 4 aromatic carbocycles. The van der Waals surface area contributed by atoms with Crippen molar-refractivity contribution in [3.05, 3.63) is 115 Å². The molecule has 0 radical (unpaired) electrons. The summed E-state index contributed by atoms with van der Waals surface area (Å²) < 4.78 is 23.1. The van der Waals surface area contributed by atoms with E-state index in [9.17, 15) is 29.4 Å². The van der Waals surface area contributed by atoms with E-state index >= 15 is 0 Å². The summed E-state index contributed by atoms with van der Waals surface area (Å²) >= 11 is 0. The van der Waals surface area contributed by atoms with Gasteiger partial charge in [0, 0.05) is 25.7 Å². The van der Waals surface area contributed by atoms with E-state index in [1.807, 2.05) is 24.3 Å². The number of benzene rings is 4. The third kappa shape index (κ3) is 13.6. The van der Waals surface area contributed by atoms with Gasteiger partial charge in [-0.25, -0.2) is 0 Å². The van der Waals surface area contributed by atoms with Gasteiger partial charge in [-0.3, -0.25) is 19.2 Å². The van der Waals surface area contributed by atoms with Crippen LogP contribution >= 0.6 is 0 Å². The number of nitrogens with one attached hydrogen (secondary N) is 2. The van der Waals surface area contributed by atoms with Gasteiger partial charge in [0.25, 0.3) is 11.8 Å². The first-order valence-electron chi connectivity index (χ1n) is 23.7. The van der Waals surface area contributed by atoms with Crippen molar-refractivity contribution in [2.45, 2.75) is 144 Å². The highest BCUT2D eigenvalue weighted by Crippen LogP contribution is 2.44. The fourth-order valence-electron chi connectivity index (χ4n) is 8.16. The number of amides is 2. The van der Waals surface area contributed by atoms with Crippen LogP contribution < -0.4 is 20.1 Å². The van der Waals surface area contributed by atoms with E-state index in [4.69, 9.17) is 18.9 Å². The van der Waals surface area contributed by atoms with Gasteiger partial charge in [-0.05, 0) is 102 Å². The number of hydrogen-bond donors (Lipinski definition) is 4. The zero-order valence-electron chi connectivity index (χ0n) is 42.9. The Morgan fingerprint density at radius 2 is 0.676 bits per heavy atom. The molecule has 68 heavy (non-hydrogen) atoms. The fraction of sp³-hybridized carbons (Fsp3) is 0.500. The van der Waals surface area contributed by atoms with Crippen LogP contribution in [0.2, 0.25) is 0 Å². The zero-order chi connectivity index (χ0) is 50.5. The fourth-order valence-corrected chi connectivity index (χ4v) is 8.16. The zero-order valence-corrected chi connectivity index (χ0v) is 42.9. The van der Waals surface area contributed by atoms with Gasteiger partial charge in [-0.15, -0.1) is 0 Å². The van der Waals surface area contributed by atoms with Gasteiger partial charge in [0.05, 0.1) is 13.2 Å². The van der Waals surface area contributed by atoms with E-state index in [0.717, 1.165) is 44.5 Å². The van der Waals surface area contributed by atoms with Crippen LogP contribution in [-0.2, 0) is 76.0 Å². The highest BCUT2D eigenvalue weighted by molar-refractivity contribution is 5.83. The number of fused-ring (bicyclic) bond motifs is 8. The largest absolute Gasteiger partial charge is 0.507 e. The number of phenols is 2. The molecule has 0 atom stereocenters. The number of esters is 2. The summed E-state index contributed by atoms with van der Waals surface area (Å²) in [5.41, 5.74) is 8.09. The third-order valence-electron chi connectivity index (χ3n) is 12.2. The number of phenolic OH excluding ortho intramolecular Hbond substituents is 2. The molecule has 4 N–H and O–H groups in total. The first kappa shape index (κ1) is 52.9. The molecule has 0 saturated carbocycles. The van der Waals surface area contributed by atoms with E-state index in [-0.39, 0.29) is 85.1 Å². The Bertz CT molecular complexity index is 2260. The number of carbonyl (C=O) groups is 4. The SMILES string of the molecule is CCOC(=O)CNC(=O)COc1c2cc(C(C)(C)C)cc1Cc1cc(C(C)(C)C)cc(c1O)Cc1cc(C(C)(C)C)cc(c1OCC(=O)NCC(=O)OCC)Cc1cc(C(C)(C)C)cc(c1O)C2. The molecule has 2 amide bonds. The number of ether oxygens (including phenoxy) is 4. The maximum Gasteiger partial charge on any atom is 0.325 e. The van der Waals surface area contributed by atoms with Crippen LogP contribution in [-0.4, -0.2) is 73.5 Å². The number of carbonyl (C=O) groups excluding carboxylic acids is 4. The molecule has 0 aromatic heterocycles. The molecule has 0 aliphatic heterocycles. The summed E-state index contributed by atoms with van der Waals surface area (Å²) in [6.07, 6.45) is 0.873. The van der Waals surface area contributed by atoms with Crippen LogP contribution in [0.4, 0.5) is 0 Å². The van der Waals surface area contributed by atoms with Crippen LogP contribution in [0, 0.1) is 0 Å². The molecular formula is C56H74N2O10. The lowest BCUT2D eigenvalue weighted by molar-refractivity contribution is -0.144. The Morgan fingerprint density at radius 3 is 0.897 bits per heavy atom. The molecule has 8 bridgehead atoms. The third-order valence-corrected chi connectivity index (χ3v) is 12.2. The van der Waals surface area contributed by atoms with Gasteiger partial charge in [0.15, 0.2) is 13.2 Å². The van der Waals surface area contributed by atoms with E-state index in [2.05, 4.69) is 118 Å². The van der Waals surface area contributed by atoms with Crippen molar-refractivity contribution in [2.24, 2.45) is 0 Å². The predicted octanol–water partition coefficient (Wildman–Crippen LogP) is 9.08. The second-order valence-electron chi connectivity index (χ2n) is 22.0. The lowest BCUT2D eigenvalue weighted by Crippen LogP contribution is -2.34. The predicted molar refractivity (Wildman–Crippen MR) is 265 cm³/mol. The van der Waals surface area contributed by atoms with Crippen LogP contribution in [0.25, 0.3) is 0 Å². The van der Waals surface area contributed by atoms with Gasteiger partial charge in [0.1, 0.15) is 36.1 Å². The van der Waals surface area contributed by atoms with Crippen LogP contribution in [0.5, 0.6) is 23.0 Å². The van der Waals surface area contributed by atoms with Gasteiger partial charge >= 0.3 is 11.9 Å². The molecule has 0 heterocycles. The average molecular weight is 935 g/mol. The summed E-state index contributed by atoms with van der Waals surface area (Å²) in [5, 5.41) is 30.3. The number of aromatic hydroxyl groups is 2. The van der Waals surface area contributed by atoms with E-state index < -0.39 is 37.0 Å². The standard InChI is InChI=1S/C56H74N2O10/c1-15-65-47(61)29-57-45(59)31-67-51-37-17-33-21-41(53(3,4)5)23-35(49(33)63)19-39-27-44(56(12,13)14)28-40(52(39)68-32-46(60)58-30-48(62)66-16-2)20-36-24-42(54(6,7)8)22-34(50(36)64)18-38(51)26-43(25-37)55(9,10)11/h21-28,63-64H,15-20,29-32H2,1-14H3,(H,57,59)(H,58,60).